The quantitative estimate of drug-likeness (QED) is 0.556. The fourth-order valence-corrected chi connectivity index (χ4v) is 0.977. The maximum Gasteiger partial charge on any atom is 0.158 e. The summed E-state index contributed by atoms with van der Waals surface area (Å²) in [6.45, 7) is 3.80. The summed E-state index contributed by atoms with van der Waals surface area (Å²) in [6, 6.07) is 0. The minimum atomic E-state index is -1.32. The molecule has 0 aromatic carbocycles. The molecule has 0 aromatic heterocycles. The fraction of sp³-hybridized carbons (Fsp3) is 0.556. The number of aliphatic carboxylic acids is 1. The van der Waals surface area contributed by atoms with E-state index in [-0.39, 0.29) is 11.7 Å². The summed E-state index contributed by atoms with van der Waals surface area (Å²) in [6.07, 6.45) is 3.34. The predicted molar refractivity (Wildman–Crippen MR) is 43.2 cm³/mol. The molecule has 0 saturated heterocycles. The highest BCUT2D eigenvalue weighted by Crippen LogP contribution is 2.08. The first kappa shape index (κ1) is 10.9. The zero-order valence-electron chi connectivity index (χ0n) is 7.37. The number of hydrogen-bond donors (Lipinski definition) is 0. The van der Waals surface area contributed by atoms with Crippen molar-refractivity contribution in [3.8, 4) is 0 Å². The van der Waals surface area contributed by atoms with Crippen LogP contribution in [0.3, 0.4) is 0 Å². The first-order valence-corrected chi connectivity index (χ1v) is 4.04. The molecule has 0 bridgehead atoms. The molecule has 0 rings (SSSR count). The molecule has 0 N–H and O–H groups in total. The normalized spacial score (nSPS) is 10.9. The van der Waals surface area contributed by atoms with Crippen molar-refractivity contribution < 1.29 is 14.7 Å². The number of ketones is 1. The van der Waals surface area contributed by atoms with Crippen molar-refractivity contribution in [3.05, 3.63) is 12.2 Å². The highest BCUT2D eigenvalue weighted by atomic mass is 16.4. The van der Waals surface area contributed by atoms with Crippen LogP contribution in [-0.2, 0) is 9.59 Å². The second-order valence-corrected chi connectivity index (χ2v) is 2.57. The summed E-state index contributed by atoms with van der Waals surface area (Å²) >= 11 is 0. The molecule has 0 fully saturated rings. The van der Waals surface area contributed by atoms with Crippen LogP contribution in [0.1, 0.15) is 26.7 Å². The first-order valence-electron chi connectivity index (χ1n) is 4.04. The van der Waals surface area contributed by atoms with Gasteiger partial charge in [0.1, 0.15) is 0 Å². The summed E-state index contributed by atoms with van der Waals surface area (Å²) in [7, 11) is 0. The Labute approximate surface area is 72.1 Å². The van der Waals surface area contributed by atoms with Crippen molar-refractivity contribution in [1.29, 1.82) is 0 Å². The molecule has 12 heavy (non-hydrogen) atoms. The molecular weight excluding hydrogens is 156 g/mol. The van der Waals surface area contributed by atoms with Gasteiger partial charge in [0, 0.05) is 5.92 Å². The number of hydrogen-bond acceptors (Lipinski definition) is 3. The van der Waals surface area contributed by atoms with Gasteiger partial charge in [0.05, 0.1) is 5.97 Å². The van der Waals surface area contributed by atoms with E-state index in [4.69, 9.17) is 0 Å². The van der Waals surface area contributed by atoms with Crippen LogP contribution in [0.25, 0.3) is 0 Å². The van der Waals surface area contributed by atoms with Crippen molar-refractivity contribution in [3.63, 3.8) is 0 Å². The van der Waals surface area contributed by atoms with Crippen LogP contribution < -0.4 is 5.11 Å². The number of carbonyl (C=O) groups is 2. The van der Waals surface area contributed by atoms with Gasteiger partial charge in [0.15, 0.2) is 5.78 Å². The SMILES string of the molecule is CCC(CC)C(=O)/C=C/C(=O)[O-]. The molecular formula is C9H13O3-. The van der Waals surface area contributed by atoms with Gasteiger partial charge < -0.3 is 9.90 Å². The van der Waals surface area contributed by atoms with Gasteiger partial charge in [-0.15, -0.1) is 0 Å². The third-order valence-electron chi connectivity index (χ3n) is 1.77. The van der Waals surface area contributed by atoms with Crippen molar-refractivity contribution in [2.45, 2.75) is 26.7 Å². The van der Waals surface area contributed by atoms with Crippen LogP contribution in [0, 0.1) is 5.92 Å². The standard InChI is InChI=1S/C9H14O3/c1-3-7(4-2)8(10)5-6-9(11)12/h5-7H,3-4H2,1-2H3,(H,11,12)/p-1/b6-5+. The Morgan fingerprint density at radius 3 is 2.08 bits per heavy atom. The number of carboxylic acid groups (broad SMARTS) is 1. The molecule has 3 heteroatoms. The summed E-state index contributed by atoms with van der Waals surface area (Å²) in [5, 5.41) is 9.95. The third-order valence-corrected chi connectivity index (χ3v) is 1.77. The monoisotopic (exact) mass is 169 g/mol. The predicted octanol–water partition coefficient (Wildman–Crippen LogP) is 0.298. The summed E-state index contributed by atoms with van der Waals surface area (Å²) in [4.78, 5) is 21.1. The second-order valence-electron chi connectivity index (χ2n) is 2.57. The van der Waals surface area contributed by atoms with Crippen LogP contribution in [0.5, 0.6) is 0 Å². The van der Waals surface area contributed by atoms with Crippen LogP contribution in [0.2, 0.25) is 0 Å². The van der Waals surface area contributed by atoms with Gasteiger partial charge in [-0.05, 0) is 25.0 Å². The van der Waals surface area contributed by atoms with Gasteiger partial charge in [0.2, 0.25) is 0 Å². The minimum Gasteiger partial charge on any atom is -0.545 e. The number of allylic oxidation sites excluding steroid dienone is 1. The van der Waals surface area contributed by atoms with E-state index in [9.17, 15) is 14.7 Å². The average molecular weight is 169 g/mol. The zero-order chi connectivity index (χ0) is 9.56. The van der Waals surface area contributed by atoms with Crippen LogP contribution >= 0.6 is 0 Å². The molecule has 0 aromatic rings. The maximum atomic E-state index is 11.1. The lowest BCUT2D eigenvalue weighted by atomic mass is 9.98. The Hall–Kier alpha value is -1.12. The molecule has 0 heterocycles. The highest BCUT2D eigenvalue weighted by Gasteiger charge is 2.09. The van der Waals surface area contributed by atoms with E-state index in [0.717, 1.165) is 25.0 Å². The molecule has 0 aliphatic heterocycles. The van der Waals surface area contributed by atoms with Gasteiger partial charge in [-0.2, -0.15) is 0 Å². The summed E-state index contributed by atoms with van der Waals surface area (Å²) < 4.78 is 0. The van der Waals surface area contributed by atoms with Gasteiger partial charge in [0.25, 0.3) is 0 Å². The molecule has 0 aliphatic rings. The van der Waals surface area contributed by atoms with E-state index in [1.165, 1.54) is 0 Å². The number of carbonyl (C=O) groups excluding carboxylic acids is 2. The Kier molecular flexibility index (Phi) is 5.00. The maximum absolute atomic E-state index is 11.1. The number of carboxylic acids is 1. The largest absolute Gasteiger partial charge is 0.545 e. The Bertz CT molecular complexity index is 190. The Morgan fingerprint density at radius 2 is 1.75 bits per heavy atom. The van der Waals surface area contributed by atoms with E-state index in [1.54, 1.807) is 0 Å². The lowest BCUT2D eigenvalue weighted by Gasteiger charge is -2.06. The third kappa shape index (κ3) is 3.91. The van der Waals surface area contributed by atoms with Gasteiger partial charge >= 0.3 is 0 Å². The van der Waals surface area contributed by atoms with Crippen LogP contribution in [0.15, 0.2) is 12.2 Å². The van der Waals surface area contributed by atoms with Crippen molar-refractivity contribution >= 4 is 11.8 Å². The molecule has 0 aliphatic carbocycles. The van der Waals surface area contributed by atoms with Crippen molar-refractivity contribution in [2.75, 3.05) is 0 Å². The smallest absolute Gasteiger partial charge is 0.158 e. The first-order chi connectivity index (χ1) is 5.61. The zero-order valence-corrected chi connectivity index (χ0v) is 7.37. The molecule has 0 amide bonds. The molecule has 0 spiro atoms. The molecule has 0 saturated carbocycles. The van der Waals surface area contributed by atoms with Gasteiger partial charge in [-0.25, -0.2) is 0 Å². The molecule has 68 valence electrons. The van der Waals surface area contributed by atoms with Crippen molar-refractivity contribution in [1.82, 2.24) is 0 Å². The molecule has 0 unspecified atom stereocenters. The number of rotatable bonds is 5. The van der Waals surface area contributed by atoms with Crippen LogP contribution in [-0.4, -0.2) is 11.8 Å². The molecule has 0 radical (unpaired) electrons. The summed E-state index contributed by atoms with van der Waals surface area (Å²) in [5.74, 6) is -1.51. The lowest BCUT2D eigenvalue weighted by molar-refractivity contribution is -0.297. The molecule has 0 atom stereocenters. The topological polar surface area (TPSA) is 57.2 Å². The van der Waals surface area contributed by atoms with E-state index in [1.807, 2.05) is 13.8 Å². The minimum absolute atomic E-state index is 0.0550. The van der Waals surface area contributed by atoms with E-state index in [2.05, 4.69) is 0 Å². The highest BCUT2D eigenvalue weighted by molar-refractivity contribution is 5.96. The second kappa shape index (κ2) is 5.52. The fourth-order valence-electron chi connectivity index (χ4n) is 0.977. The van der Waals surface area contributed by atoms with E-state index in [0.29, 0.717) is 0 Å². The van der Waals surface area contributed by atoms with Gasteiger partial charge in [-0.1, -0.05) is 13.8 Å². The summed E-state index contributed by atoms with van der Waals surface area (Å²) in [5.41, 5.74) is 0. The Morgan fingerprint density at radius 1 is 1.25 bits per heavy atom. The molecule has 3 nitrogen and oxygen atoms in total. The lowest BCUT2D eigenvalue weighted by Crippen LogP contribution is -2.20. The Balaban J connectivity index is 4.10. The average Bonchev–Trinajstić information content (AvgIpc) is 2.03. The van der Waals surface area contributed by atoms with Gasteiger partial charge in [-0.3, -0.25) is 4.79 Å². The van der Waals surface area contributed by atoms with E-state index >= 15 is 0 Å². The van der Waals surface area contributed by atoms with Crippen LogP contribution in [0.4, 0.5) is 0 Å². The van der Waals surface area contributed by atoms with Crippen molar-refractivity contribution in [2.24, 2.45) is 5.92 Å². The van der Waals surface area contributed by atoms with E-state index < -0.39 is 5.97 Å².